The molecule has 7 heteroatoms. The minimum absolute atomic E-state index is 0.0287. The van der Waals surface area contributed by atoms with Crippen molar-refractivity contribution in [2.45, 2.75) is 57.6 Å². The molecule has 0 N–H and O–H groups in total. The number of carbonyl (C=O) groups is 1. The zero-order valence-corrected chi connectivity index (χ0v) is 12.9. The lowest BCUT2D eigenvalue weighted by Gasteiger charge is -2.36. The second-order valence-corrected chi connectivity index (χ2v) is 11.3. The van der Waals surface area contributed by atoms with Crippen LogP contribution in [0.25, 0.3) is 0 Å². The first kappa shape index (κ1) is 16.5. The first-order chi connectivity index (χ1) is 8.34. The van der Waals surface area contributed by atoms with Crippen molar-refractivity contribution in [3.63, 3.8) is 0 Å². The molecular formula is C12H21F3O3Si. The van der Waals surface area contributed by atoms with E-state index in [4.69, 9.17) is 9.16 Å². The molecule has 0 saturated carbocycles. The molecule has 1 fully saturated rings. The maximum absolute atomic E-state index is 12.5. The highest BCUT2D eigenvalue weighted by Crippen LogP contribution is 2.39. The molecule has 2 atom stereocenters. The largest absolute Gasteiger partial charge is 0.459 e. The summed E-state index contributed by atoms with van der Waals surface area (Å²) in [5.74, 6) is -3.18. The maximum Gasteiger partial charge on any atom is 0.402 e. The average molecular weight is 298 g/mol. The number of cyclic esters (lactones) is 1. The molecule has 1 rings (SSSR count). The number of hydrogen-bond donors (Lipinski definition) is 0. The molecule has 1 aliphatic heterocycles. The van der Waals surface area contributed by atoms with E-state index in [0.29, 0.717) is 0 Å². The highest BCUT2D eigenvalue weighted by Gasteiger charge is 2.52. The van der Waals surface area contributed by atoms with E-state index in [-0.39, 0.29) is 18.1 Å². The van der Waals surface area contributed by atoms with Gasteiger partial charge < -0.3 is 9.16 Å². The van der Waals surface area contributed by atoms with Crippen molar-refractivity contribution in [2.75, 3.05) is 6.61 Å². The second-order valence-electron chi connectivity index (χ2n) is 6.46. The summed E-state index contributed by atoms with van der Waals surface area (Å²) >= 11 is 0. The number of ether oxygens (including phenoxy) is 1. The molecule has 19 heavy (non-hydrogen) atoms. The normalized spacial score (nSPS) is 25.6. The Morgan fingerprint density at radius 1 is 1.32 bits per heavy atom. The van der Waals surface area contributed by atoms with E-state index < -0.39 is 32.5 Å². The van der Waals surface area contributed by atoms with Gasteiger partial charge in [-0.3, -0.25) is 4.79 Å². The molecule has 0 amide bonds. The van der Waals surface area contributed by atoms with Crippen LogP contribution in [-0.4, -0.2) is 33.2 Å². The van der Waals surface area contributed by atoms with E-state index >= 15 is 0 Å². The second kappa shape index (κ2) is 5.09. The summed E-state index contributed by atoms with van der Waals surface area (Å²) in [6.07, 6.45) is -5.65. The molecule has 0 aromatic carbocycles. The Hall–Kier alpha value is -0.563. The topological polar surface area (TPSA) is 35.5 Å². The van der Waals surface area contributed by atoms with Crippen LogP contribution in [0, 0.1) is 5.92 Å². The minimum atomic E-state index is -4.52. The average Bonchev–Trinajstić information content (AvgIpc) is 2.54. The molecule has 112 valence electrons. The Morgan fingerprint density at radius 2 is 1.84 bits per heavy atom. The molecule has 0 aromatic rings. The predicted molar refractivity (Wildman–Crippen MR) is 67.2 cm³/mol. The van der Waals surface area contributed by atoms with Crippen LogP contribution in [0.2, 0.25) is 18.1 Å². The van der Waals surface area contributed by atoms with Gasteiger partial charge in [-0.25, -0.2) is 0 Å². The predicted octanol–water partition coefficient (Wildman–Crippen LogP) is 3.50. The monoisotopic (exact) mass is 298 g/mol. The molecular weight excluding hydrogens is 277 g/mol. The third-order valence-electron chi connectivity index (χ3n) is 3.90. The summed E-state index contributed by atoms with van der Waals surface area (Å²) in [5.41, 5.74) is 0. The lowest BCUT2D eigenvalue weighted by atomic mass is 10.1. The number of halogens is 3. The smallest absolute Gasteiger partial charge is 0.402 e. The highest BCUT2D eigenvalue weighted by atomic mass is 28.4. The van der Waals surface area contributed by atoms with Crippen LogP contribution in [0.15, 0.2) is 0 Å². The van der Waals surface area contributed by atoms with Crippen molar-refractivity contribution in [3.05, 3.63) is 0 Å². The number of rotatable bonds is 3. The van der Waals surface area contributed by atoms with Gasteiger partial charge in [-0.2, -0.15) is 13.2 Å². The molecule has 3 nitrogen and oxygen atoms in total. The van der Waals surface area contributed by atoms with Crippen molar-refractivity contribution in [1.29, 1.82) is 0 Å². The summed E-state index contributed by atoms with van der Waals surface area (Å²) in [6.45, 7) is 10.2. The lowest BCUT2D eigenvalue weighted by Crippen LogP contribution is -2.42. The molecule has 0 bridgehead atoms. The van der Waals surface area contributed by atoms with Crippen LogP contribution >= 0.6 is 0 Å². The van der Waals surface area contributed by atoms with Crippen molar-refractivity contribution < 1.29 is 27.1 Å². The zero-order valence-electron chi connectivity index (χ0n) is 11.9. The Labute approximate surface area is 112 Å². The lowest BCUT2D eigenvalue weighted by molar-refractivity contribution is -0.185. The number of carbonyl (C=O) groups excluding carboxylic acids is 1. The molecule has 0 aliphatic carbocycles. The van der Waals surface area contributed by atoms with Gasteiger partial charge in [0.1, 0.15) is 6.10 Å². The van der Waals surface area contributed by atoms with E-state index in [9.17, 15) is 18.0 Å². The first-order valence-corrected chi connectivity index (χ1v) is 9.16. The van der Waals surface area contributed by atoms with Crippen molar-refractivity contribution in [1.82, 2.24) is 0 Å². The van der Waals surface area contributed by atoms with E-state index in [1.165, 1.54) is 0 Å². The molecule has 1 aliphatic rings. The van der Waals surface area contributed by atoms with Crippen LogP contribution in [0.5, 0.6) is 0 Å². The van der Waals surface area contributed by atoms with E-state index in [2.05, 4.69) is 0 Å². The van der Waals surface area contributed by atoms with Crippen molar-refractivity contribution in [2.24, 2.45) is 5.92 Å². The summed E-state index contributed by atoms with van der Waals surface area (Å²) < 4.78 is 48.1. The summed E-state index contributed by atoms with van der Waals surface area (Å²) in [5, 5.41) is -0.0287. The Balaban J connectivity index is 2.56. The Bertz CT molecular complexity index is 347. The van der Waals surface area contributed by atoms with Crippen LogP contribution in [0.1, 0.15) is 27.2 Å². The van der Waals surface area contributed by atoms with Gasteiger partial charge in [0.2, 0.25) is 0 Å². The standard InChI is InChI=1S/C12H21F3O3Si/c1-11(2,3)19(4,5)17-7-8-6-9(10(16)18-8)12(13,14)15/h8-9H,6-7H2,1-5H3/t8-,9-/m0/s1. The fraction of sp³-hybridized carbons (Fsp3) is 0.917. The SMILES string of the molecule is CC(C)(C)[Si](C)(C)OC[C@@H]1C[C@H](C(F)(F)F)C(=O)O1. The van der Waals surface area contributed by atoms with Gasteiger partial charge >= 0.3 is 12.1 Å². The van der Waals surface area contributed by atoms with Gasteiger partial charge in [0.25, 0.3) is 0 Å². The number of alkyl halides is 3. The van der Waals surface area contributed by atoms with Crippen molar-refractivity contribution in [3.8, 4) is 0 Å². The molecule has 0 unspecified atom stereocenters. The molecule has 0 aromatic heterocycles. The summed E-state index contributed by atoms with van der Waals surface area (Å²) in [6, 6.07) is 0. The van der Waals surface area contributed by atoms with Crippen LogP contribution < -0.4 is 0 Å². The van der Waals surface area contributed by atoms with E-state index in [0.717, 1.165) is 0 Å². The molecule has 1 saturated heterocycles. The van der Waals surface area contributed by atoms with Gasteiger partial charge in [0, 0.05) is 6.42 Å². The minimum Gasteiger partial charge on any atom is -0.459 e. The highest BCUT2D eigenvalue weighted by molar-refractivity contribution is 6.74. The molecule has 0 radical (unpaired) electrons. The maximum atomic E-state index is 12.5. The molecule has 1 heterocycles. The van der Waals surface area contributed by atoms with E-state index in [1.54, 1.807) is 0 Å². The van der Waals surface area contributed by atoms with Gasteiger partial charge in [-0.15, -0.1) is 0 Å². The van der Waals surface area contributed by atoms with Gasteiger partial charge in [-0.05, 0) is 18.1 Å². The Kier molecular flexibility index (Phi) is 4.41. The quantitative estimate of drug-likeness (QED) is 0.591. The van der Waals surface area contributed by atoms with Gasteiger partial charge in [0.05, 0.1) is 6.61 Å². The van der Waals surface area contributed by atoms with Crippen LogP contribution in [-0.2, 0) is 14.0 Å². The third kappa shape index (κ3) is 3.95. The third-order valence-corrected chi connectivity index (χ3v) is 8.40. The van der Waals surface area contributed by atoms with Crippen LogP contribution in [0.3, 0.4) is 0 Å². The first-order valence-electron chi connectivity index (χ1n) is 6.26. The van der Waals surface area contributed by atoms with Crippen LogP contribution in [0.4, 0.5) is 13.2 Å². The fourth-order valence-electron chi connectivity index (χ4n) is 1.54. The zero-order chi connectivity index (χ0) is 15.1. The van der Waals surface area contributed by atoms with Crippen molar-refractivity contribution >= 4 is 14.3 Å². The molecule has 0 spiro atoms. The Morgan fingerprint density at radius 3 is 2.21 bits per heavy atom. The van der Waals surface area contributed by atoms with Gasteiger partial charge in [0.15, 0.2) is 14.2 Å². The van der Waals surface area contributed by atoms with E-state index in [1.807, 2.05) is 33.9 Å². The van der Waals surface area contributed by atoms with Gasteiger partial charge in [-0.1, -0.05) is 20.8 Å². The number of hydrogen-bond acceptors (Lipinski definition) is 3. The number of esters is 1. The fourth-order valence-corrected chi connectivity index (χ4v) is 2.58. The summed E-state index contributed by atoms with van der Waals surface area (Å²) in [4.78, 5) is 11.2. The summed E-state index contributed by atoms with van der Waals surface area (Å²) in [7, 11) is -2.03.